The largest absolute Gasteiger partial charge is 0.416 e. The summed E-state index contributed by atoms with van der Waals surface area (Å²) in [4.78, 5) is 1.88. The van der Waals surface area contributed by atoms with E-state index in [4.69, 9.17) is 0 Å². The Morgan fingerprint density at radius 2 is 1.74 bits per heavy atom. The Kier molecular flexibility index (Phi) is 6.14. The second kappa shape index (κ2) is 7.99. The number of alkyl halides is 3. The molecule has 0 atom stereocenters. The lowest BCUT2D eigenvalue weighted by Gasteiger charge is -2.25. The van der Waals surface area contributed by atoms with E-state index in [1.165, 1.54) is 12.1 Å². The van der Waals surface area contributed by atoms with E-state index < -0.39 is 11.7 Å². The van der Waals surface area contributed by atoms with Gasteiger partial charge in [-0.25, -0.2) is 4.39 Å². The van der Waals surface area contributed by atoms with Crippen LogP contribution in [0.5, 0.6) is 0 Å². The highest BCUT2D eigenvalue weighted by atomic mass is 19.4. The zero-order valence-electron chi connectivity index (χ0n) is 15.9. The van der Waals surface area contributed by atoms with E-state index >= 15 is 0 Å². The third-order valence-electron chi connectivity index (χ3n) is 4.66. The second-order valence-electron chi connectivity index (χ2n) is 6.68. The molecule has 0 aliphatic heterocycles. The van der Waals surface area contributed by atoms with E-state index in [1.54, 1.807) is 26.0 Å². The van der Waals surface area contributed by atoms with E-state index in [1.807, 2.05) is 24.9 Å². The maximum absolute atomic E-state index is 14.2. The van der Waals surface area contributed by atoms with Crippen molar-refractivity contribution < 1.29 is 17.6 Å². The number of hydrogen-bond donors (Lipinski definition) is 0. The number of nitrogens with zero attached hydrogens (tertiary/aromatic N) is 1. The summed E-state index contributed by atoms with van der Waals surface area (Å²) >= 11 is 0. The molecule has 0 saturated carbocycles. The predicted octanol–water partition coefficient (Wildman–Crippen LogP) is 6.43. The molecule has 0 N–H and O–H groups in total. The fraction of sp³-hybridized carbons (Fsp3) is 0.273. The van der Waals surface area contributed by atoms with Gasteiger partial charge in [0, 0.05) is 24.9 Å². The number of halogens is 4. The number of aryl methyl sites for hydroxylation is 2. The summed E-state index contributed by atoms with van der Waals surface area (Å²) in [7, 11) is 1.82. The first-order valence-electron chi connectivity index (χ1n) is 8.52. The Bertz CT molecular complexity index is 855. The Balaban J connectivity index is 2.35. The molecule has 5 heteroatoms. The molecule has 0 saturated heterocycles. The van der Waals surface area contributed by atoms with Crippen molar-refractivity contribution in [2.45, 2.75) is 33.5 Å². The van der Waals surface area contributed by atoms with Gasteiger partial charge in [0.25, 0.3) is 0 Å². The Labute approximate surface area is 157 Å². The molecule has 0 heterocycles. The maximum Gasteiger partial charge on any atom is 0.416 e. The highest BCUT2D eigenvalue weighted by Crippen LogP contribution is 2.31. The molecule has 1 nitrogen and oxygen atoms in total. The van der Waals surface area contributed by atoms with Gasteiger partial charge in [-0.2, -0.15) is 13.2 Å². The standard InChI is InChI=1S/C22H23F4N/c1-6-7-21(18-10-14(2)16(4)20(23)12-18)27(5)13-17-8-9-19(11-15(17)3)22(24,25)26/h6-12H,1,13H2,2-5H3/b21-7-. The van der Waals surface area contributed by atoms with Crippen LogP contribution in [0.4, 0.5) is 17.6 Å². The van der Waals surface area contributed by atoms with Crippen molar-refractivity contribution in [2.24, 2.45) is 0 Å². The van der Waals surface area contributed by atoms with Gasteiger partial charge in [0.2, 0.25) is 0 Å². The van der Waals surface area contributed by atoms with Crippen LogP contribution in [0.3, 0.4) is 0 Å². The van der Waals surface area contributed by atoms with Gasteiger partial charge in [0.1, 0.15) is 5.82 Å². The van der Waals surface area contributed by atoms with E-state index in [9.17, 15) is 17.6 Å². The quantitative estimate of drug-likeness (QED) is 0.429. The van der Waals surface area contributed by atoms with E-state index in [0.29, 0.717) is 23.2 Å². The van der Waals surface area contributed by atoms with E-state index in [0.717, 1.165) is 29.0 Å². The molecule has 27 heavy (non-hydrogen) atoms. The number of benzene rings is 2. The fourth-order valence-electron chi connectivity index (χ4n) is 2.91. The van der Waals surface area contributed by atoms with Crippen molar-refractivity contribution in [3.8, 4) is 0 Å². The van der Waals surface area contributed by atoms with Crippen LogP contribution in [0.25, 0.3) is 5.70 Å². The summed E-state index contributed by atoms with van der Waals surface area (Å²) in [6.45, 7) is 9.32. The monoisotopic (exact) mass is 377 g/mol. The van der Waals surface area contributed by atoms with Gasteiger partial charge in [-0.3, -0.25) is 0 Å². The van der Waals surface area contributed by atoms with Gasteiger partial charge >= 0.3 is 6.18 Å². The summed E-state index contributed by atoms with van der Waals surface area (Å²) < 4.78 is 52.7. The van der Waals surface area contributed by atoms with Gasteiger partial charge in [-0.05, 0) is 73.4 Å². The molecular weight excluding hydrogens is 354 g/mol. The Hall–Kier alpha value is -2.56. The lowest BCUT2D eigenvalue weighted by atomic mass is 10.0. The topological polar surface area (TPSA) is 3.24 Å². The number of hydrogen-bond acceptors (Lipinski definition) is 1. The molecule has 0 radical (unpaired) electrons. The highest BCUT2D eigenvalue weighted by molar-refractivity contribution is 5.66. The molecular formula is C22H23F4N. The summed E-state index contributed by atoms with van der Waals surface area (Å²) in [6, 6.07) is 7.08. The summed E-state index contributed by atoms with van der Waals surface area (Å²) in [6.07, 6.45) is -0.985. The molecule has 2 aromatic carbocycles. The number of allylic oxidation sites excluding steroid dienone is 2. The lowest BCUT2D eigenvalue weighted by Crippen LogP contribution is -2.18. The smallest absolute Gasteiger partial charge is 0.370 e. The summed E-state index contributed by atoms with van der Waals surface area (Å²) in [5.74, 6) is -0.293. The summed E-state index contributed by atoms with van der Waals surface area (Å²) in [5.41, 5.74) is 3.53. The molecule has 0 fully saturated rings. The molecule has 144 valence electrons. The molecule has 2 aromatic rings. The zero-order valence-corrected chi connectivity index (χ0v) is 15.9. The van der Waals surface area contributed by atoms with Crippen molar-refractivity contribution >= 4 is 5.70 Å². The van der Waals surface area contributed by atoms with Crippen molar-refractivity contribution in [2.75, 3.05) is 7.05 Å². The highest BCUT2D eigenvalue weighted by Gasteiger charge is 2.30. The van der Waals surface area contributed by atoms with Gasteiger partial charge in [0.05, 0.1) is 5.56 Å². The second-order valence-corrected chi connectivity index (χ2v) is 6.68. The minimum Gasteiger partial charge on any atom is -0.370 e. The Morgan fingerprint density at radius 3 is 2.26 bits per heavy atom. The Morgan fingerprint density at radius 1 is 1.07 bits per heavy atom. The molecule has 0 unspecified atom stereocenters. The first-order chi connectivity index (χ1) is 12.5. The van der Waals surface area contributed by atoms with Crippen LogP contribution in [-0.2, 0) is 12.7 Å². The normalized spacial score (nSPS) is 12.2. The van der Waals surface area contributed by atoms with Crippen LogP contribution in [0.1, 0.15) is 33.4 Å². The van der Waals surface area contributed by atoms with Crippen LogP contribution >= 0.6 is 0 Å². The van der Waals surface area contributed by atoms with Crippen molar-refractivity contribution in [3.63, 3.8) is 0 Å². The van der Waals surface area contributed by atoms with Gasteiger partial charge < -0.3 is 4.90 Å². The molecule has 0 bridgehead atoms. The molecule has 0 aromatic heterocycles. The molecule has 0 aliphatic rings. The predicted molar refractivity (Wildman–Crippen MR) is 102 cm³/mol. The van der Waals surface area contributed by atoms with Crippen LogP contribution < -0.4 is 0 Å². The molecule has 0 aliphatic carbocycles. The van der Waals surface area contributed by atoms with E-state index in [2.05, 4.69) is 6.58 Å². The average Bonchev–Trinajstić information content (AvgIpc) is 2.57. The van der Waals surface area contributed by atoms with Crippen LogP contribution in [0.2, 0.25) is 0 Å². The van der Waals surface area contributed by atoms with Crippen LogP contribution in [-0.4, -0.2) is 11.9 Å². The fourth-order valence-corrected chi connectivity index (χ4v) is 2.91. The lowest BCUT2D eigenvalue weighted by molar-refractivity contribution is -0.137. The maximum atomic E-state index is 14.2. The minimum absolute atomic E-state index is 0.293. The van der Waals surface area contributed by atoms with Crippen molar-refractivity contribution in [3.05, 3.63) is 88.3 Å². The van der Waals surface area contributed by atoms with Crippen LogP contribution in [0.15, 0.2) is 49.1 Å². The summed E-state index contributed by atoms with van der Waals surface area (Å²) in [5, 5.41) is 0. The average molecular weight is 377 g/mol. The first-order valence-corrected chi connectivity index (χ1v) is 8.52. The molecule has 2 rings (SSSR count). The van der Waals surface area contributed by atoms with Crippen molar-refractivity contribution in [1.29, 1.82) is 0 Å². The van der Waals surface area contributed by atoms with Gasteiger partial charge in [0.15, 0.2) is 0 Å². The zero-order chi connectivity index (χ0) is 20.4. The van der Waals surface area contributed by atoms with Crippen molar-refractivity contribution in [1.82, 2.24) is 4.90 Å². The minimum atomic E-state index is -4.36. The molecule has 0 amide bonds. The van der Waals surface area contributed by atoms with Gasteiger partial charge in [-0.1, -0.05) is 18.7 Å². The van der Waals surface area contributed by atoms with Crippen LogP contribution in [0, 0.1) is 26.6 Å². The SMILES string of the molecule is C=C/C=C(/c1cc(C)c(C)c(F)c1)N(C)Cc1ccc(C(F)(F)F)cc1C. The van der Waals surface area contributed by atoms with E-state index in [-0.39, 0.29) is 5.82 Å². The number of rotatable bonds is 5. The first kappa shape index (κ1) is 20.7. The van der Waals surface area contributed by atoms with Gasteiger partial charge in [-0.15, -0.1) is 0 Å². The molecule has 0 spiro atoms. The third-order valence-corrected chi connectivity index (χ3v) is 4.66. The third kappa shape index (κ3) is 4.79.